The topological polar surface area (TPSA) is 31.4 Å². The number of aromatic nitrogens is 1. The molecule has 3 heteroatoms. The van der Waals surface area contributed by atoms with Crippen LogP contribution in [-0.2, 0) is 4.74 Å². The summed E-state index contributed by atoms with van der Waals surface area (Å²) in [5.74, 6) is 0.812. The van der Waals surface area contributed by atoms with E-state index in [0.29, 0.717) is 6.61 Å². The molecule has 1 aromatic heterocycles. The summed E-state index contributed by atoms with van der Waals surface area (Å²) in [6.45, 7) is 0.596. The average Bonchev–Trinajstić information content (AvgIpc) is 2.19. The summed E-state index contributed by atoms with van der Waals surface area (Å²) >= 11 is 0. The lowest BCUT2D eigenvalue weighted by molar-refractivity contribution is 0.234. The summed E-state index contributed by atoms with van der Waals surface area (Å²) in [6.07, 6.45) is 5.51. The molecule has 1 aromatic rings. The van der Waals surface area contributed by atoms with Crippen molar-refractivity contribution in [3.8, 4) is 5.75 Å². The van der Waals surface area contributed by atoms with Crippen LogP contribution in [0.15, 0.2) is 24.4 Å². The Balaban J connectivity index is 2.66. The monoisotopic (exact) mass is 179 g/mol. The molecule has 0 aromatic carbocycles. The molecule has 1 rings (SSSR count). The molecule has 0 spiro atoms. The van der Waals surface area contributed by atoms with Crippen molar-refractivity contribution < 1.29 is 9.47 Å². The number of nitrogens with zero attached hydrogens (tertiary/aromatic N) is 1. The van der Waals surface area contributed by atoms with Gasteiger partial charge in [0.05, 0.1) is 19.4 Å². The molecule has 0 atom stereocenters. The van der Waals surface area contributed by atoms with Gasteiger partial charge in [0.15, 0.2) is 0 Å². The van der Waals surface area contributed by atoms with Crippen LogP contribution < -0.4 is 4.74 Å². The van der Waals surface area contributed by atoms with E-state index in [-0.39, 0.29) is 0 Å². The molecule has 1 heterocycles. The van der Waals surface area contributed by atoms with Gasteiger partial charge in [0.25, 0.3) is 0 Å². The largest absolute Gasteiger partial charge is 0.497 e. The lowest BCUT2D eigenvalue weighted by atomic mass is 10.3. The van der Waals surface area contributed by atoms with Crippen LogP contribution in [0.2, 0.25) is 0 Å². The minimum Gasteiger partial charge on any atom is -0.497 e. The number of hydrogen-bond acceptors (Lipinski definition) is 3. The third-order valence-electron chi connectivity index (χ3n) is 1.54. The van der Waals surface area contributed by atoms with Gasteiger partial charge in [0.1, 0.15) is 5.75 Å². The molecule has 0 aliphatic rings. The predicted molar refractivity (Wildman–Crippen MR) is 51.7 cm³/mol. The lowest BCUT2D eigenvalue weighted by Gasteiger charge is -1.98. The van der Waals surface area contributed by atoms with E-state index in [0.717, 1.165) is 11.4 Å². The Morgan fingerprint density at radius 2 is 2.31 bits per heavy atom. The predicted octanol–water partition coefficient (Wildman–Crippen LogP) is 1.75. The van der Waals surface area contributed by atoms with Gasteiger partial charge >= 0.3 is 0 Å². The zero-order chi connectivity index (χ0) is 9.52. The van der Waals surface area contributed by atoms with Crippen molar-refractivity contribution in [3.63, 3.8) is 0 Å². The SMILES string of the molecule is COC/C=C/c1cc(OC)ccn1. The first-order valence-corrected chi connectivity index (χ1v) is 4.02. The zero-order valence-electron chi connectivity index (χ0n) is 7.86. The minimum absolute atomic E-state index is 0.596. The molecular formula is C10H13NO2. The van der Waals surface area contributed by atoms with E-state index in [9.17, 15) is 0 Å². The van der Waals surface area contributed by atoms with Crippen LogP contribution in [0.25, 0.3) is 6.08 Å². The summed E-state index contributed by atoms with van der Waals surface area (Å²) < 4.78 is 9.93. The first-order chi connectivity index (χ1) is 6.36. The van der Waals surface area contributed by atoms with Gasteiger partial charge in [-0.1, -0.05) is 6.08 Å². The molecule has 0 unspecified atom stereocenters. The molecule has 0 saturated heterocycles. The summed E-state index contributed by atoms with van der Waals surface area (Å²) in [5, 5.41) is 0. The fourth-order valence-corrected chi connectivity index (χ4v) is 0.911. The van der Waals surface area contributed by atoms with E-state index in [2.05, 4.69) is 4.98 Å². The minimum atomic E-state index is 0.596. The van der Waals surface area contributed by atoms with Crippen molar-refractivity contribution in [3.05, 3.63) is 30.1 Å². The molecule has 0 N–H and O–H groups in total. The average molecular weight is 179 g/mol. The van der Waals surface area contributed by atoms with Gasteiger partial charge < -0.3 is 9.47 Å². The van der Waals surface area contributed by atoms with Gasteiger partial charge in [0, 0.05) is 19.4 Å². The molecule has 0 fully saturated rings. The number of ether oxygens (including phenoxy) is 2. The third kappa shape index (κ3) is 3.25. The Kier molecular flexibility index (Phi) is 3.99. The van der Waals surface area contributed by atoms with Crippen LogP contribution in [0.1, 0.15) is 5.69 Å². The number of rotatable bonds is 4. The van der Waals surface area contributed by atoms with Gasteiger partial charge in [0.2, 0.25) is 0 Å². The molecule has 0 aliphatic carbocycles. The lowest BCUT2D eigenvalue weighted by Crippen LogP contribution is -1.86. The second-order valence-corrected chi connectivity index (χ2v) is 2.48. The Morgan fingerprint density at radius 1 is 1.46 bits per heavy atom. The van der Waals surface area contributed by atoms with Gasteiger partial charge in [-0.15, -0.1) is 0 Å². The molecule has 0 bridgehead atoms. The first-order valence-electron chi connectivity index (χ1n) is 4.02. The maximum absolute atomic E-state index is 5.06. The molecule has 3 nitrogen and oxygen atoms in total. The Morgan fingerprint density at radius 3 is 3.00 bits per heavy atom. The van der Waals surface area contributed by atoms with Crippen molar-refractivity contribution in [2.45, 2.75) is 0 Å². The van der Waals surface area contributed by atoms with E-state index in [1.165, 1.54) is 0 Å². The van der Waals surface area contributed by atoms with Crippen molar-refractivity contribution in [1.29, 1.82) is 0 Å². The number of hydrogen-bond donors (Lipinski definition) is 0. The fraction of sp³-hybridized carbons (Fsp3) is 0.300. The summed E-state index contributed by atoms with van der Waals surface area (Å²) in [6, 6.07) is 3.68. The highest BCUT2D eigenvalue weighted by Gasteiger charge is 1.91. The number of methoxy groups -OCH3 is 2. The Hall–Kier alpha value is -1.35. The molecule has 0 aliphatic heterocycles. The van der Waals surface area contributed by atoms with E-state index >= 15 is 0 Å². The standard InChI is InChI=1S/C10H13NO2/c1-12-7-3-4-9-8-10(13-2)5-6-11-9/h3-6,8H,7H2,1-2H3/b4-3+. The van der Waals surface area contributed by atoms with Crippen LogP contribution >= 0.6 is 0 Å². The van der Waals surface area contributed by atoms with Crippen LogP contribution in [-0.4, -0.2) is 25.8 Å². The maximum atomic E-state index is 5.06. The van der Waals surface area contributed by atoms with E-state index in [1.54, 1.807) is 20.4 Å². The van der Waals surface area contributed by atoms with Crippen molar-refractivity contribution in [2.24, 2.45) is 0 Å². The third-order valence-corrected chi connectivity index (χ3v) is 1.54. The molecular weight excluding hydrogens is 166 g/mol. The van der Waals surface area contributed by atoms with E-state index in [1.807, 2.05) is 24.3 Å². The van der Waals surface area contributed by atoms with Gasteiger partial charge in [-0.05, 0) is 12.1 Å². The smallest absolute Gasteiger partial charge is 0.122 e. The van der Waals surface area contributed by atoms with Crippen LogP contribution in [0.5, 0.6) is 5.75 Å². The zero-order valence-corrected chi connectivity index (χ0v) is 7.86. The van der Waals surface area contributed by atoms with Crippen molar-refractivity contribution >= 4 is 6.08 Å². The number of pyridine rings is 1. The Labute approximate surface area is 78.0 Å². The van der Waals surface area contributed by atoms with Gasteiger partial charge in [-0.2, -0.15) is 0 Å². The van der Waals surface area contributed by atoms with E-state index < -0.39 is 0 Å². The van der Waals surface area contributed by atoms with E-state index in [4.69, 9.17) is 9.47 Å². The highest BCUT2D eigenvalue weighted by Crippen LogP contribution is 2.10. The van der Waals surface area contributed by atoms with Crippen molar-refractivity contribution in [1.82, 2.24) is 4.98 Å². The molecule has 0 amide bonds. The molecule has 70 valence electrons. The molecule has 0 radical (unpaired) electrons. The molecule has 13 heavy (non-hydrogen) atoms. The first kappa shape index (κ1) is 9.74. The quantitative estimate of drug-likeness (QED) is 0.705. The van der Waals surface area contributed by atoms with Crippen LogP contribution in [0, 0.1) is 0 Å². The summed E-state index contributed by atoms with van der Waals surface area (Å²) in [4.78, 5) is 4.14. The Bertz CT molecular complexity index is 284. The van der Waals surface area contributed by atoms with Gasteiger partial charge in [-0.25, -0.2) is 0 Å². The highest BCUT2D eigenvalue weighted by atomic mass is 16.5. The maximum Gasteiger partial charge on any atom is 0.122 e. The van der Waals surface area contributed by atoms with Crippen LogP contribution in [0.3, 0.4) is 0 Å². The molecule has 0 saturated carbocycles. The fourth-order valence-electron chi connectivity index (χ4n) is 0.911. The normalized spacial score (nSPS) is 10.6. The van der Waals surface area contributed by atoms with Crippen molar-refractivity contribution in [2.75, 3.05) is 20.8 Å². The van der Waals surface area contributed by atoms with Crippen LogP contribution in [0.4, 0.5) is 0 Å². The van der Waals surface area contributed by atoms with Gasteiger partial charge in [-0.3, -0.25) is 4.98 Å². The summed E-state index contributed by atoms with van der Waals surface area (Å²) in [5.41, 5.74) is 0.872. The summed E-state index contributed by atoms with van der Waals surface area (Å²) in [7, 11) is 3.29. The second-order valence-electron chi connectivity index (χ2n) is 2.48. The highest BCUT2D eigenvalue weighted by molar-refractivity contribution is 5.46. The second kappa shape index (κ2) is 5.32.